The van der Waals surface area contributed by atoms with Crippen LogP contribution in [0.5, 0.6) is 0 Å². The summed E-state index contributed by atoms with van der Waals surface area (Å²) in [5.74, 6) is -1.31. The number of hydrogen-bond acceptors (Lipinski definition) is 5. The quantitative estimate of drug-likeness (QED) is 0.562. The van der Waals surface area contributed by atoms with E-state index >= 15 is 0 Å². The maximum Gasteiger partial charge on any atom is 0.332 e. The third-order valence-corrected chi connectivity index (χ3v) is 2.89. The van der Waals surface area contributed by atoms with E-state index in [0.717, 1.165) is 31.4 Å². The molecular formula is C13H19NO5. The molecule has 0 aliphatic carbocycles. The molecule has 0 N–H and O–H groups in total. The van der Waals surface area contributed by atoms with E-state index in [0.29, 0.717) is 13.0 Å². The molecule has 106 valence electrons. The second kappa shape index (κ2) is 7.56. The van der Waals surface area contributed by atoms with Crippen LogP contribution in [-0.4, -0.2) is 42.6 Å². The van der Waals surface area contributed by atoms with Crippen molar-refractivity contribution in [3.63, 3.8) is 0 Å². The highest BCUT2D eigenvalue weighted by atomic mass is 16.6. The van der Waals surface area contributed by atoms with Gasteiger partial charge in [-0.1, -0.05) is 6.42 Å². The lowest BCUT2D eigenvalue weighted by Crippen LogP contribution is -2.40. The van der Waals surface area contributed by atoms with Crippen molar-refractivity contribution < 1.29 is 23.9 Å². The Morgan fingerprint density at radius 1 is 1.21 bits per heavy atom. The average Bonchev–Trinajstić information content (AvgIpc) is 2.60. The lowest BCUT2D eigenvalue weighted by molar-refractivity contribution is -0.158. The number of rotatable bonds is 4. The fourth-order valence-electron chi connectivity index (χ4n) is 1.86. The summed E-state index contributed by atoms with van der Waals surface area (Å²) in [5, 5.41) is 0. The number of methoxy groups -OCH3 is 1. The molecule has 0 spiro atoms. The summed E-state index contributed by atoms with van der Waals surface area (Å²) in [6.07, 6.45) is 4.62. The third kappa shape index (κ3) is 5.11. The first-order chi connectivity index (χ1) is 9.04. The number of nitrogens with zero attached hydrogens (tertiary/aromatic N) is 1. The van der Waals surface area contributed by atoms with Crippen LogP contribution in [0.4, 0.5) is 0 Å². The fourth-order valence-corrected chi connectivity index (χ4v) is 1.86. The van der Waals surface area contributed by atoms with Gasteiger partial charge in [-0.3, -0.25) is 4.79 Å². The predicted octanol–water partition coefficient (Wildman–Crippen LogP) is 1.01. The van der Waals surface area contributed by atoms with Gasteiger partial charge in [0.15, 0.2) is 6.23 Å². The second-order valence-corrected chi connectivity index (χ2v) is 4.29. The van der Waals surface area contributed by atoms with Crippen molar-refractivity contribution in [2.24, 2.45) is 0 Å². The van der Waals surface area contributed by atoms with Crippen molar-refractivity contribution in [3.05, 3.63) is 12.2 Å². The minimum absolute atomic E-state index is 0.00486. The summed E-state index contributed by atoms with van der Waals surface area (Å²) >= 11 is 0. The Morgan fingerprint density at radius 2 is 1.89 bits per heavy atom. The van der Waals surface area contributed by atoms with Gasteiger partial charge in [0.25, 0.3) is 0 Å². The molecule has 1 unspecified atom stereocenters. The van der Waals surface area contributed by atoms with Crippen LogP contribution in [0.2, 0.25) is 0 Å². The van der Waals surface area contributed by atoms with Gasteiger partial charge in [-0.15, -0.1) is 0 Å². The predicted molar refractivity (Wildman–Crippen MR) is 66.9 cm³/mol. The topological polar surface area (TPSA) is 72.9 Å². The number of esters is 2. The summed E-state index contributed by atoms with van der Waals surface area (Å²) < 4.78 is 9.44. The van der Waals surface area contributed by atoms with Crippen molar-refractivity contribution in [3.8, 4) is 0 Å². The summed E-state index contributed by atoms with van der Waals surface area (Å²) in [5.41, 5.74) is 0. The number of carbonyl (C=O) groups excluding carboxylic acids is 3. The Kier molecular flexibility index (Phi) is 6.05. The Labute approximate surface area is 112 Å². The van der Waals surface area contributed by atoms with E-state index in [4.69, 9.17) is 4.74 Å². The lowest BCUT2D eigenvalue weighted by atomic mass is 10.2. The number of hydrogen-bond donors (Lipinski definition) is 0. The summed E-state index contributed by atoms with van der Waals surface area (Å²) in [4.78, 5) is 35.6. The molecule has 1 aliphatic heterocycles. The third-order valence-electron chi connectivity index (χ3n) is 2.89. The van der Waals surface area contributed by atoms with E-state index in [1.54, 1.807) is 11.8 Å². The zero-order valence-corrected chi connectivity index (χ0v) is 11.3. The number of carbonyl (C=O) groups is 3. The van der Waals surface area contributed by atoms with Crippen LogP contribution >= 0.6 is 0 Å². The minimum atomic E-state index is -0.671. The SMILES string of the molecule is COC(=O)/C=C\C(=O)OC(C)N1CCCCCC1=O. The van der Waals surface area contributed by atoms with Crippen LogP contribution in [0.1, 0.15) is 32.6 Å². The van der Waals surface area contributed by atoms with E-state index in [2.05, 4.69) is 4.74 Å². The molecular weight excluding hydrogens is 250 g/mol. The van der Waals surface area contributed by atoms with Crippen molar-refractivity contribution >= 4 is 17.8 Å². The van der Waals surface area contributed by atoms with E-state index in [1.807, 2.05) is 0 Å². The van der Waals surface area contributed by atoms with Crippen molar-refractivity contribution in [1.82, 2.24) is 4.90 Å². The Hall–Kier alpha value is -1.85. The van der Waals surface area contributed by atoms with Gasteiger partial charge in [0.1, 0.15) is 0 Å². The molecule has 1 amide bonds. The molecule has 19 heavy (non-hydrogen) atoms. The smallest absolute Gasteiger partial charge is 0.332 e. The van der Waals surface area contributed by atoms with E-state index in [-0.39, 0.29) is 5.91 Å². The maximum atomic E-state index is 11.8. The highest BCUT2D eigenvalue weighted by Crippen LogP contribution is 2.14. The van der Waals surface area contributed by atoms with Crippen LogP contribution in [0.3, 0.4) is 0 Å². The summed E-state index contributed by atoms with van der Waals surface area (Å²) in [7, 11) is 1.22. The number of likely N-dealkylation sites (tertiary alicyclic amines) is 1. The normalized spacial score (nSPS) is 18.0. The number of ether oxygens (including phenoxy) is 2. The van der Waals surface area contributed by atoms with Gasteiger partial charge >= 0.3 is 11.9 Å². The molecule has 0 aromatic heterocycles. The van der Waals surface area contributed by atoms with Crippen LogP contribution < -0.4 is 0 Å². The molecule has 6 heteroatoms. The largest absolute Gasteiger partial charge is 0.466 e. The highest BCUT2D eigenvalue weighted by molar-refractivity contribution is 5.91. The monoisotopic (exact) mass is 269 g/mol. The lowest BCUT2D eigenvalue weighted by Gasteiger charge is -2.27. The molecule has 1 aliphatic rings. The second-order valence-electron chi connectivity index (χ2n) is 4.29. The number of amides is 1. The first-order valence-corrected chi connectivity index (χ1v) is 6.30. The molecule has 1 saturated heterocycles. The Balaban J connectivity index is 2.50. The summed E-state index contributed by atoms with van der Waals surface area (Å²) in [6, 6.07) is 0. The zero-order chi connectivity index (χ0) is 14.3. The molecule has 1 fully saturated rings. The van der Waals surface area contributed by atoms with Crippen molar-refractivity contribution in [1.29, 1.82) is 0 Å². The minimum Gasteiger partial charge on any atom is -0.466 e. The Bertz CT molecular complexity index is 377. The van der Waals surface area contributed by atoms with Crippen LogP contribution in [0, 0.1) is 0 Å². The zero-order valence-electron chi connectivity index (χ0n) is 11.3. The Morgan fingerprint density at radius 3 is 2.58 bits per heavy atom. The van der Waals surface area contributed by atoms with E-state index < -0.39 is 18.2 Å². The molecule has 0 saturated carbocycles. The van der Waals surface area contributed by atoms with Crippen LogP contribution in [-0.2, 0) is 23.9 Å². The average molecular weight is 269 g/mol. The standard InChI is InChI=1S/C13H19NO5/c1-10(14-9-5-3-4-6-11(14)15)19-13(17)8-7-12(16)18-2/h7-8,10H,3-6,9H2,1-2H3/b8-7-. The molecule has 1 heterocycles. The molecule has 0 radical (unpaired) electrons. The van der Waals surface area contributed by atoms with Gasteiger partial charge in [0.05, 0.1) is 7.11 Å². The molecule has 0 aromatic carbocycles. The fraction of sp³-hybridized carbons (Fsp3) is 0.615. The molecule has 0 bridgehead atoms. The van der Waals surface area contributed by atoms with E-state index in [9.17, 15) is 14.4 Å². The van der Waals surface area contributed by atoms with Gasteiger partial charge in [0, 0.05) is 25.1 Å². The van der Waals surface area contributed by atoms with Gasteiger partial charge in [-0.2, -0.15) is 0 Å². The molecule has 6 nitrogen and oxygen atoms in total. The van der Waals surface area contributed by atoms with Crippen LogP contribution in [0.25, 0.3) is 0 Å². The first-order valence-electron chi connectivity index (χ1n) is 6.30. The van der Waals surface area contributed by atoms with Crippen molar-refractivity contribution in [2.45, 2.75) is 38.8 Å². The van der Waals surface area contributed by atoms with Crippen molar-refractivity contribution in [2.75, 3.05) is 13.7 Å². The molecule has 0 aromatic rings. The molecule has 1 rings (SSSR count). The maximum absolute atomic E-state index is 11.8. The molecule has 1 atom stereocenters. The highest BCUT2D eigenvalue weighted by Gasteiger charge is 2.23. The van der Waals surface area contributed by atoms with Gasteiger partial charge < -0.3 is 14.4 Å². The first kappa shape index (κ1) is 15.2. The van der Waals surface area contributed by atoms with Gasteiger partial charge in [-0.25, -0.2) is 9.59 Å². The van der Waals surface area contributed by atoms with E-state index in [1.165, 1.54) is 7.11 Å². The van der Waals surface area contributed by atoms with Gasteiger partial charge in [0.2, 0.25) is 5.91 Å². The summed E-state index contributed by atoms with van der Waals surface area (Å²) in [6.45, 7) is 2.24. The van der Waals surface area contributed by atoms with Crippen LogP contribution in [0.15, 0.2) is 12.2 Å². The van der Waals surface area contributed by atoms with Gasteiger partial charge in [-0.05, 0) is 19.8 Å².